The van der Waals surface area contributed by atoms with Crippen LogP contribution in [0, 0.1) is 5.92 Å². The molecule has 0 aromatic heterocycles. The second kappa shape index (κ2) is 10.3. The Morgan fingerprint density at radius 2 is 1.83 bits per heavy atom. The van der Waals surface area contributed by atoms with E-state index in [9.17, 15) is 19.5 Å². The fourth-order valence-corrected chi connectivity index (χ4v) is 2.80. The lowest BCUT2D eigenvalue weighted by Crippen LogP contribution is -2.41. The third-order valence-corrected chi connectivity index (χ3v) is 4.45. The van der Waals surface area contributed by atoms with Crippen molar-refractivity contribution in [3.05, 3.63) is 59.7 Å². The number of aliphatic carboxylic acids is 1. The zero-order valence-corrected chi connectivity index (χ0v) is 16.7. The molecule has 7 heteroatoms. The van der Waals surface area contributed by atoms with Crippen LogP contribution in [-0.2, 0) is 16.0 Å². The molecule has 7 nitrogen and oxygen atoms in total. The summed E-state index contributed by atoms with van der Waals surface area (Å²) >= 11 is 0. The molecule has 2 aromatic rings. The number of nitrogens with one attached hydrogen (secondary N) is 1. The number of carboxylic acids is 1. The van der Waals surface area contributed by atoms with Crippen LogP contribution >= 0.6 is 0 Å². The van der Waals surface area contributed by atoms with E-state index < -0.39 is 23.9 Å². The lowest BCUT2D eigenvalue weighted by Gasteiger charge is -2.18. The van der Waals surface area contributed by atoms with E-state index in [4.69, 9.17) is 9.47 Å². The molecule has 2 aromatic carbocycles. The number of ketones is 1. The summed E-state index contributed by atoms with van der Waals surface area (Å²) in [6, 6.07) is 13.7. The molecule has 0 aliphatic carbocycles. The number of para-hydroxylation sites is 1. The van der Waals surface area contributed by atoms with Crippen LogP contribution in [0.4, 0.5) is 0 Å². The van der Waals surface area contributed by atoms with Gasteiger partial charge in [-0.1, -0.05) is 30.3 Å². The third kappa shape index (κ3) is 6.34. The van der Waals surface area contributed by atoms with Gasteiger partial charge in [0.2, 0.25) is 0 Å². The highest BCUT2D eigenvalue weighted by Crippen LogP contribution is 2.21. The Balaban J connectivity index is 1.96. The average molecular weight is 399 g/mol. The first kappa shape index (κ1) is 21.9. The van der Waals surface area contributed by atoms with Crippen molar-refractivity contribution >= 4 is 17.7 Å². The molecule has 0 aliphatic heterocycles. The molecular formula is C22H25NO6. The number of hydrogen-bond donors (Lipinski definition) is 2. The van der Waals surface area contributed by atoms with Crippen LogP contribution < -0.4 is 14.8 Å². The molecule has 2 rings (SSSR count). The Bertz CT molecular complexity index is 879. The van der Waals surface area contributed by atoms with Gasteiger partial charge in [-0.05, 0) is 44.0 Å². The molecule has 0 bridgehead atoms. The van der Waals surface area contributed by atoms with E-state index in [1.54, 1.807) is 55.5 Å². The lowest BCUT2D eigenvalue weighted by molar-refractivity contribution is -0.141. The van der Waals surface area contributed by atoms with Crippen LogP contribution in [0.1, 0.15) is 29.8 Å². The van der Waals surface area contributed by atoms with E-state index in [0.29, 0.717) is 17.1 Å². The van der Waals surface area contributed by atoms with E-state index in [-0.39, 0.29) is 18.7 Å². The highest BCUT2D eigenvalue weighted by Gasteiger charge is 2.23. The number of Topliss-reactive ketones (excluding diaryl/α,β-unsaturated/α-hetero) is 1. The summed E-state index contributed by atoms with van der Waals surface area (Å²) in [5.74, 6) is -1.38. The van der Waals surface area contributed by atoms with Crippen molar-refractivity contribution in [1.29, 1.82) is 0 Å². The Kier molecular flexibility index (Phi) is 7.77. The second-order valence-corrected chi connectivity index (χ2v) is 6.64. The van der Waals surface area contributed by atoms with Gasteiger partial charge in [-0.25, -0.2) is 0 Å². The van der Waals surface area contributed by atoms with Crippen molar-refractivity contribution in [2.24, 2.45) is 5.92 Å². The van der Waals surface area contributed by atoms with E-state index in [1.807, 2.05) is 0 Å². The minimum absolute atomic E-state index is 0.0482. The minimum Gasteiger partial charge on any atom is -0.496 e. The molecule has 29 heavy (non-hydrogen) atoms. The molecule has 0 aliphatic rings. The van der Waals surface area contributed by atoms with Gasteiger partial charge in [0, 0.05) is 12.1 Å². The zero-order valence-electron chi connectivity index (χ0n) is 16.7. The summed E-state index contributed by atoms with van der Waals surface area (Å²) in [6.45, 7) is 2.96. The summed E-state index contributed by atoms with van der Waals surface area (Å²) in [5, 5.41) is 12.1. The van der Waals surface area contributed by atoms with Crippen LogP contribution in [0.3, 0.4) is 0 Å². The van der Waals surface area contributed by atoms with Crippen LogP contribution in [0.25, 0.3) is 0 Å². The van der Waals surface area contributed by atoms with Gasteiger partial charge in [0.15, 0.2) is 11.9 Å². The fourth-order valence-electron chi connectivity index (χ4n) is 2.80. The monoisotopic (exact) mass is 399 g/mol. The maximum atomic E-state index is 12.3. The van der Waals surface area contributed by atoms with Crippen molar-refractivity contribution in [3.63, 3.8) is 0 Å². The number of benzene rings is 2. The quantitative estimate of drug-likeness (QED) is 0.596. The number of hydrogen-bond acceptors (Lipinski definition) is 5. The largest absolute Gasteiger partial charge is 0.496 e. The molecule has 2 N–H and O–H groups in total. The molecule has 2 unspecified atom stereocenters. The Morgan fingerprint density at radius 1 is 1.10 bits per heavy atom. The van der Waals surface area contributed by atoms with Crippen LogP contribution in [0.2, 0.25) is 0 Å². The maximum absolute atomic E-state index is 12.3. The Labute approximate surface area is 169 Å². The van der Waals surface area contributed by atoms with Gasteiger partial charge < -0.3 is 19.9 Å². The number of carboxylic acid groups (broad SMARTS) is 1. The van der Waals surface area contributed by atoms with Gasteiger partial charge in [-0.2, -0.15) is 0 Å². The van der Waals surface area contributed by atoms with Gasteiger partial charge in [0.25, 0.3) is 5.91 Å². The topological polar surface area (TPSA) is 102 Å². The van der Waals surface area contributed by atoms with Crippen LogP contribution in [-0.4, -0.2) is 42.5 Å². The van der Waals surface area contributed by atoms with Gasteiger partial charge in [-0.3, -0.25) is 14.4 Å². The van der Waals surface area contributed by atoms with Crippen molar-refractivity contribution in [2.45, 2.75) is 26.4 Å². The van der Waals surface area contributed by atoms with Crippen LogP contribution in [0.5, 0.6) is 11.5 Å². The van der Waals surface area contributed by atoms with Gasteiger partial charge >= 0.3 is 5.97 Å². The lowest BCUT2D eigenvalue weighted by atomic mass is 9.98. The number of methoxy groups -OCH3 is 1. The van der Waals surface area contributed by atoms with Gasteiger partial charge in [-0.15, -0.1) is 0 Å². The maximum Gasteiger partial charge on any atom is 0.308 e. The molecule has 0 saturated carbocycles. The molecular weight excluding hydrogens is 374 g/mol. The van der Waals surface area contributed by atoms with Gasteiger partial charge in [0.1, 0.15) is 11.5 Å². The second-order valence-electron chi connectivity index (χ2n) is 6.64. The number of carbonyl (C=O) groups excluding carboxylic acids is 2. The number of ether oxygens (including phenoxy) is 2. The van der Waals surface area contributed by atoms with Crippen LogP contribution in [0.15, 0.2) is 48.5 Å². The first-order chi connectivity index (χ1) is 13.8. The number of amides is 1. The van der Waals surface area contributed by atoms with E-state index >= 15 is 0 Å². The molecule has 0 saturated heterocycles. The van der Waals surface area contributed by atoms with E-state index in [2.05, 4.69) is 5.32 Å². The fraction of sp³-hybridized carbons (Fsp3) is 0.318. The highest BCUT2D eigenvalue weighted by molar-refractivity contribution is 5.94. The molecule has 0 fully saturated rings. The van der Waals surface area contributed by atoms with Crippen molar-refractivity contribution < 1.29 is 29.0 Å². The predicted molar refractivity (Wildman–Crippen MR) is 107 cm³/mol. The molecule has 0 heterocycles. The summed E-state index contributed by atoms with van der Waals surface area (Å²) in [6.07, 6.45) is -0.631. The summed E-state index contributed by atoms with van der Waals surface area (Å²) in [5.41, 5.74) is 1.24. The van der Waals surface area contributed by atoms with E-state index in [1.165, 1.54) is 14.0 Å². The smallest absolute Gasteiger partial charge is 0.308 e. The Morgan fingerprint density at radius 3 is 2.48 bits per heavy atom. The molecule has 0 radical (unpaired) electrons. The first-order valence-electron chi connectivity index (χ1n) is 9.22. The minimum atomic E-state index is -1.01. The third-order valence-electron chi connectivity index (χ3n) is 4.45. The zero-order chi connectivity index (χ0) is 21.4. The predicted octanol–water partition coefficient (Wildman–Crippen LogP) is 2.72. The molecule has 154 valence electrons. The number of carbonyl (C=O) groups is 3. The average Bonchev–Trinajstić information content (AvgIpc) is 2.70. The normalized spacial score (nSPS) is 12.5. The number of rotatable bonds is 10. The highest BCUT2D eigenvalue weighted by atomic mass is 16.5. The van der Waals surface area contributed by atoms with Crippen molar-refractivity contribution in [3.8, 4) is 11.5 Å². The first-order valence-corrected chi connectivity index (χ1v) is 9.22. The molecule has 1 amide bonds. The van der Waals surface area contributed by atoms with Gasteiger partial charge in [0.05, 0.1) is 13.0 Å². The summed E-state index contributed by atoms with van der Waals surface area (Å²) in [7, 11) is 1.52. The van der Waals surface area contributed by atoms with Crippen molar-refractivity contribution in [2.75, 3.05) is 13.7 Å². The SMILES string of the molecule is COc1ccccc1CC(CNC(=O)C(C)Oc1cccc(C(C)=O)c1)C(=O)O. The van der Waals surface area contributed by atoms with E-state index in [0.717, 1.165) is 5.56 Å². The summed E-state index contributed by atoms with van der Waals surface area (Å²) in [4.78, 5) is 35.4. The van der Waals surface area contributed by atoms with Crippen molar-refractivity contribution in [1.82, 2.24) is 5.32 Å². The Hall–Kier alpha value is -3.35. The standard InChI is InChI=1S/C22H25NO6/c1-14(24)16-8-6-9-19(12-16)29-15(2)21(25)23-13-18(22(26)27)11-17-7-4-5-10-20(17)28-3/h4-10,12,15,18H,11,13H2,1-3H3,(H,23,25)(H,26,27). The molecule has 0 spiro atoms. The summed E-state index contributed by atoms with van der Waals surface area (Å²) < 4.78 is 10.8. The molecule has 2 atom stereocenters.